The zero-order valence-corrected chi connectivity index (χ0v) is 10.6. The third-order valence-electron chi connectivity index (χ3n) is 3.95. The van der Waals surface area contributed by atoms with Crippen LogP contribution in [0.15, 0.2) is 23.8 Å². The van der Waals surface area contributed by atoms with E-state index in [9.17, 15) is 5.11 Å². The quantitative estimate of drug-likeness (QED) is 0.703. The highest BCUT2D eigenvalue weighted by atomic mass is 16.3. The number of rotatable bonds is 3. The smallest absolute Gasteiger partial charge is 0.0692 e. The minimum absolute atomic E-state index is 0.308. The zero-order chi connectivity index (χ0) is 11.6. The summed E-state index contributed by atoms with van der Waals surface area (Å²) in [5, 5.41) is 9.23. The molecule has 0 fully saturated rings. The second-order valence-electron chi connectivity index (χ2n) is 5.44. The van der Waals surface area contributed by atoms with Gasteiger partial charge in [0.2, 0.25) is 0 Å². The lowest BCUT2D eigenvalue weighted by Crippen LogP contribution is -2.25. The van der Waals surface area contributed by atoms with Gasteiger partial charge in [0, 0.05) is 0 Å². The molecule has 86 valence electrons. The topological polar surface area (TPSA) is 20.2 Å². The van der Waals surface area contributed by atoms with Gasteiger partial charge in [-0.15, -0.1) is 0 Å². The van der Waals surface area contributed by atoms with E-state index in [-0.39, 0.29) is 6.10 Å². The Morgan fingerprint density at radius 3 is 2.40 bits per heavy atom. The van der Waals surface area contributed by atoms with Crippen LogP contribution in [0.2, 0.25) is 0 Å². The largest absolute Gasteiger partial charge is 0.389 e. The Labute approximate surface area is 93.9 Å². The first-order valence-electron chi connectivity index (χ1n) is 5.89. The van der Waals surface area contributed by atoms with E-state index in [1.807, 2.05) is 6.08 Å². The molecule has 0 spiro atoms. The van der Waals surface area contributed by atoms with Crippen LogP contribution in [0.1, 0.15) is 41.0 Å². The van der Waals surface area contributed by atoms with Crippen LogP contribution in [0.3, 0.4) is 0 Å². The van der Waals surface area contributed by atoms with Crippen LogP contribution in [0.4, 0.5) is 0 Å². The van der Waals surface area contributed by atoms with Gasteiger partial charge in [-0.2, -0.15) is 0 Å². The lowest BCUT2D eigenvalue weighted by atomic mass is 9.72. The Balaban J connectivity index is 2.67. The maximum absolute atomic E-state index is 9.23. The Hall–Kier alpha value is -0.560. The molecule has 0 aromatic heterocycles. The van der Waals surface area contributed by atoms with Gasteiger partial charge in [0.1, 0.15) is 0 Å². The fourth-order valence-electron chi connectivity index (χ4n) is 2.50. The third-order valence-corrected chi connectivity index (χ3v) is 3.95. The molecule has 1 nitrogen and oxygen atoms in total. The van der Waals surface area contributed by atoms with Gasteiger partial charge in [0.15, 0.2) is 0 Å². The van der Waals surface area contributed by atoms with Crippen molar-refractivity contribution in [1.29, 1.82) is 0 Å². The van der Waals surface area contributed by atoms with E-state index >= 15 is 0 Å². The molecule has 0 aromatic rings. The van der Waals surface area contributed by atoms with Crippen molar-refractivity contribution >= 4 is 0 Å². The molecule has 1 rings (SSSR count). The van der Waals surface area contributed by atoms with E-state index in [1.54, 1.807) is 6.92 Å². The normalized spacial score (nSPS) is 29.2. The van der Waals surface area contributed by atoms with Crippen molar-refractivity contribution in [3.63, 3.8) is 0 Å². The summed E-state index contributed by atoms with van der Waals surface area (Å²) in [6.07, 6.45) is 7.26. The highest BCUT2D eigenvalue weighted by Crippen LogP contribution is 2.46. The van der Waals surface area contributed by atoms with Crippen LogP contribution in [-0.4, -0.2) is 11.2 Å². The Kier molecular flexibility index (Phi) is 3.77. The lowest BCUT2D eigenvalue weighted by molar-refractivity contribution is 0.229. The lowest BCUT2D eigenvalue weighted by Gasteiger charge is -2.33. The molecule has 0 bridgehead atoms. The van der Waals surface area contributed by atoms with Crippen molar-refractivity contribution in [3.05, 3.63) is 23.8 Å². The van der Waals surface area contributed by atoms with Crippen LogP contribution in [0.5, 0.6) is 0 Å². The highest BCUT2D eigenvalue weighted by Gasteiger charge is 2.37. The summed E-state index contributed by atoms with van der Waals surface area (Å²) in [6.45, 7) is 10.9. The van der Waals surface area contributed by atoms with Crippen molar-refractivity contribution in [2.75, 3.05) is 0 Å². The fourth-order valence-corrected chi connectivity index (χ4v) is 2.50. The van der Waals surface area contributed by atoms with E-state index in [0.29, 0.717) is 17.3 Å². The van der Waals surface area contributed by atoms with Crippen LogP contribution < -0.4 is 0 Å². The summed E-state index contributed by atoms with van der Waals surface area (Å²) < 4.78 is 0. The van der Waals surface area contributed by atoms with Crippen molar-refractivity contribution in [1.82, 2.24) is 0 Å². The Bertz CT molecular complexity index is 271. The first-order valence-corrected chi connectivity index (χ1v) is 5.89. The van der Waals surface area contributed by atoms with Crippen molar-refractivity contribution < 1.29 is 5.11 Å². The molecule has 15 heavy (non-hydrogen) atoms. The molecule has 3 atom stereocenters. The molecule has 1 aliphatic carbocycles. The van der Waals surface area contributed by atoms with E-state index in [2.05, 4.69) is 39.8 Å². The molecular weight excluding hydrogens is 184 g/mol. The van der Waals surface area contributed by atoms with Crippen LogP contribution in [-0.2, 0) is 0 Å². The molecule has 0 saturated carbocycles. The first kappa shape index (κ1) is 12.5. The highest BCUT2D eigenvalue weighted by molar-refractivity contribution is 5.20. The van der Waals surface area contributed by atoms with Gasteiger partial charge in [-0.3, -0.25) is 0 Å². The molecule has 3 unspecified atom stereocenters. The first-order chi connectivity index (χ1) is 6.85. The van der Waals surface area contributed by atoms with E-state index < -0.39 is 0 Å². The monoisotopic (exact) mass is 208 g/mol. The second-order valence-corrected chi connectivity index (χ2v) is 5.44. The molecule has 0 aromatic carbocycles. The Morgan fingerprint density at radius 1 is 1.40 bits per heavy atom. The van der Waals surface area contributed by atoms with Gasteiger partial charge in [-0.1, -0.05) is 44.6 Å². The molecule has 1 N–H and O–H groups in total. The predicted molar refractivity (Wildman–Crippen MR) is 65.6 cm³/mol. The average Bonchev–Trinajstić information content (AvgIpc) is 2.38. The van der Waals surface area contributed by atoms with E-state index in [4.69, 9.17) is 0 Å². The minimum Gasteiger partial charge on any atom is -0.389 e. The number of hydrogen-bond donors (Lipinski definition) is 1. The molecular formula is C14H24O. The molecule has 0 amide bonds. The predicted octanol–water partition coefficient (Wildman–Crippen LogP) is 3.55. The summed E-state index contributed by atoms with van der Waals surface area (Å²) in [7, 11) is 0. The van der Waals surface area contributed by atoms with Gasteiger partial charge >= 0.3 is 0 Å². The van der Waals surface area contributed by atoms with Gasteiger partial charge in [0.25, 0.3) is 0 Å². The molecule has 0 saturated heterocycles. The Morgan fingerprint density at radius 2 is 2.00 bits per heavy atom. The molecule has 0 radical (unpaired) electrons. The summed E-state index contributed by atoms with van der Waals surface area (Å²) >= 11 is 0. The third kappa shape index (κ3) is 2.72. The number of aliphatic hydroxyl groups excluding tert-OH is 1. The summed E-state index contributed by atoms with van der Waals surface area (Å²) in [6, 6.07) is 0. The van der Waals surface area contributed by atoms with Crippen LogP contribution in [0.25, 0.3) is 0 Å². The van der Waals surface area contributed by atoms with Crippen LogP contribution in [0, 0.1) is 17.3 Å². The molecule has 1 aliphatic rings. The summed E-state index contributed by atoms with van der Waals surface area (Å²) in [5.74, 6) is 1.20. The van der Waals surface area contributed by atoms with Crippen molar-refractivity contribution in [3.8, 4) is 0 Å². The maximum Gasteiger partial charge on any atom is 0.0692 e. The van der Waals surface area contributed by atoms with Crippen molar-refractivity contribution in [2.45, 2.75) is 47.1 Å². The summed E-state index contributed by atoms with van der Waals surface area (Å²) in [4.78, 5) is 0. The number of allylic oxidation sites excluding steroid dienone is 3. The van der Waals surface area contributed by atoms with Gasteiger partial charge < -0.3 is 5.11 Å². The standard InChI is InChI=1S/C14H24O/c1-10(6-8-12(3)15)13-9-7-11(2)14(13,4)5/h6-8,10,12-13,15H,9H2,1-5H3/b8-6+. The molecule has 0 aliphatic heterocycles. The molecule has 1 heteroatoms. The van der Waals surface area contributed by atoms with E-state index in [0.717, 1.165) is 0 Å². The van der Waals surface area contributed by atoms with E-state index in [1.165, 1.54) is 12.0 Å². The van der Waals surface area contributed by atoms with Crippen molar-refractivity contribution in [2.24, 2.45) is 17.3 Å². The van der Waals surface area contributed by atoms with Gasteiger partial charge in [0.05, 0.1) is 6.10 Å². The van der Waals surface area contributed by atoms with Gasteiger partial charge in [-0.05, 0) is 37.5 Å². The van der Waals surface area contributed by atoms with Crippen LogP contribution >= 0.6 is 0 Å². The zero-order valence-electron chi connectivity index (χ0n) is 10.6. The van der Waals surface area contributed by atoms with Gasteiger partial charge in [-0.25, -0.2) is 0 Å². The average molecular weight is 208 g/mol. The second kappa shape index (κ2) is 4.52. The summed E-state index contributed by atoms with van der Waals surface area (Å²) in [5.41, 5.74) is 1.81. The molecule has 0 heterocycles. The number of aliphatic hydroxyl groups is 1. The maximum atomic E-state index is 9.23. The SMILES string of the molecule is CC1=CCC(C(C)/C=C/C(C)O)C1(C)C. The number of hydrogen-bond acceptors (Lipinski definition) is 1. The fraction of sp³-hybridized carbons (Fsp3) is 0.714. The minimum atomic E-state index is -0.328.